The smallest absolute Gasteiger partial charge is 0.256 e. The molecule has 3 heterocycles. The fraction of sp³-hybridized carbons (Fsp3) is 0.500. The summed E-state index contributed by atoms with van der Waals surface area (Å²) in [6.07, 6.45) is 6.24. The molecule has 1 aliphatic carbocycles. The van der Waals surface area contributed by atoms with Crippen molar-refractivity contribution in [3.05, 3.63) is 29.9 Å². The average molecular weight is 257 g/mol. The molecule has 0 bridgehead atoms. The van der Waals surface area contributed by atoms with Gasteiger partial charge in [-0.3, -0.25) is 4.98 Å². The lowest BCUT2D eigenvalue weighted by Crippen LogP contribution is -1.96. The van der Waals surface area contributed by atoms with E-state index in [1.165, 1.54) is 12.8 Å². The summed E-state index contributed by atoms with van der Waals surface area (Å²) in [5, 5.41) is 4.10. The van der Waals surface area contributed by atoms with Gasteiger partial charge in [-0.05, 0) is 37.8 Å². The molecule has 2 aromatic heterocycles. The zero-order chi connectivity index (χ0) is 12.7. The molecule has 1 atom stereocenters. The van der Waals surface area contributed by atoms with Gasteiger partial charge in [0, 0.05) is 24.3 Å². The fourth-order valence-electron chi connectivity index (χ4n) is 2.54. The van der Waals surface area contributed by atoms with Crippen LogP contribution >= 0.6 is 0 Å². The zero-order valence-electron chi connectivity index (χ0n) is 10.6. The maximum atomic E-state index is 5.57. The highest BCUT2D eigenvalue weighted by Gasteiger charge is 2.30. The van der Waals surface area contributed by atoms with Gasteiger partial charge in [-0.25, -0.2) is 0 Å². The third kappa shape index (κ3) is 2.04. The molecule has 0 N–H and O–H groups in total. The van der Waals surface area contributed by atoms with Crippen LogP contribution in [0.2, 0.25) is 0 Å². The van der Waals surface area contributed by atoms with Gasteiger partial charge in [0.05, 0.1) is 5.69 Å². The maximum Gasteiger partial charge on any atom is 0.256 e. The maximum absolute atomic E-state index is 5.57. The van der Waals surface area contributed by atoms with Crippen LogP contribution in [-0.4, -0.2) is 21.7 Å². The van der Waals surface area contributed by atoms with Crippen LogP contribution in [0, 0.1) is 0 Å². The van der Waals surface area contributed by atoms with E-state index in [0.717, 1.165) is 30.7 Å². The van der Waals surface area contributed by atoms with Crippen molar-refractivity contribution in [3.63, 3.8) is 0 Å². The van der Waals surface area contributed by atoms with Crippen LogP contribution in [0.4, 0.5) is 0 Å². The molecule has 2 aliphatic rings. The van der Waals surface area contributed by atoms with E-state index in [1.807, 2.05) is 18.3 Å². The Kier molecular flexibility index (Phi) is 2.58. The van der Waals surface area contributed by atoms with Gasteiger partial charge in [0.15, 0.2) is 0 Å². The van der Waals surface area contributed by atoms with Crippen molar-refractivity contribution in [2.45, 2.75) is 37.7 Å². The van der Waals surface area contributed by atoms with Crippen molar-refractivity contribution in [1.82, 2.24) is 15.1 Å². The van der Waals surface area contributed by atoms with Crippen molar-refractivity contribution in [2.24, 2.45) is 0 Å². The van der Waals surface area contributed by atoms with E-state index in [9.17, 15) is 0 Å². The molecule has 5 heteroatoms. The SMILES string of the molecule is c1cnc(C2CC2)c(-c2noc(C3CCCO3)n2)c1. The van der Waals surface area contributed by atoms with Crippen LogP contribution in [0.5, 0.6) is 0 Å². The van der Waals surface area contributed by atoms with Crippen molar-refractivity contribution < 1.29 is 9.26 Å². The lowest BCUT2D eigenvalue weighted by molar-refractivity contribution is 0.0835. The zero-order valence-corrected chi connectivity index (χ0v) is 10.6. The first-order chi connectivity index (χ1) is 9.42. The molecule has 0 aromatic carbocycles. The highest BCUT2D eigenvalue weighted by Crippen LogP contribution is 2.42. The molecular formula is C14H15N3O2. The summed E-state index contributed by atoms with van der Waals surface area (Å²) in [5.41, 5.74) is 2.10. The number of rotatable bonds is 3. The number of ether oxygens (including phenoxy) is 1. The fourth-order valence-corrected chi connectivity index (χ4v) is 2.54. The second-order valence-electron chi connectivity index (χ2n) is 5.17. The van der Waals surface area contributed by atoms with E-state index in [-0.39, 0.29) is 6.10 Å². The molecule has 0 amide bonds. The minimum absolute atomic E-state index is 0.0257. The molecule has 1 saturated heterocycles. The Bertz CT molecular complexity index is 586. The standard InChI is InChI=1S/C14H15N3O2/c1-3-10(12(15-7-1)9-5-6-9)13-16-14(19-17-13)11-4-2-8-18-11/h1,3,7,9,11H,2,4-6,8H2. The Labute approximate surface area is 111 Å². The molecule has 1 aliphatic heterocycles. The van der Waals surface area contributed by atoms with Crippen LogP contribution in [0.15, 0.2) is 22.9 Å². The first-order valence-corrected chi connectivity index (χ1v) is 6.82. The van der Waals surface area contributed by atoms with E-state index < -0.39 is 0 Å². The second kappa shape index (κ2) is 4.42. The van der Waals surface area contributed by atoms with Gasteiger partial charge in [-0.1, -0.05) is 5.16 Å². The second-order valence-corrected chi connectivity index (χ2v) is 5.17. The molecule has 2 aromatic rings. The third-order valence-electron chi connectivity index (χ3n) is 3.69. The summed E-state index contributed by atoms with van der Waals surface area (Å²) in [4.78, 5) is 8.96. The number of hydrogen-bond donors (Lipinski definition) is 0. The van der Waals surface area contributed by atoms with Gasteiger partial charge in [0.25, 0.3) is 5.89 Å². The van der Waals surface area contributed by atoms with E-state index in [1.54, 1.807) is 0 Å². The largest absolute Gasteiger partial charge is 0.368 e. The van der Waals surface area contributed by atoms with Crippen molar-refractivity contribution in [3.8, 4) is 11.4 Å². The molecule has 2 fully saturated rings. The van der Waals surface area contributed by atoms with Crippen molar-refractivity contribution >= 4 is 0 Å². The van der Waals surface area contributed by atoms with E-state index in [2.05, 4.69) is 15.1 Å². The van der Waals surface area contributed by atoms with Gasteiger partial charge >= 0.3 is 0 Å². The Morgan fingerprint density at radius 1 is 1.21 bits per heavy atom. The summed E-state index contributed by atoms with van der Waals surface area (Å²) >= 11 is 0. The van der Waals surface area contributed by atoms with E-state index >= 15 is 0 Å². The monoisotopic (exact) mass is 257 g/mol. The average Bonchev–Trinajstić information content (AvgIpc) is 2.95. The number of aromatic nitrogens is 3. The van der Waals surface area contributed by atoms with Gasteiger partial charge in [0.1, 0.15) is 6.10 Å². The summed E-state index contributed by atoms with van der Waals surface area (Å²) < 4.78 is 10.9. The van der Waals surface area contributed by atoms with Gasteiger partial charge < -0.3 is 9.26 Å². The minimum atomic E-state index is -0.0257. The molecule has 5 nitrogen and oxygen atoms in total. The van der Waals surface area contributed by atoms with Crippen LogP contribution in [0.1, 0.15) is 49.3 Å². The Morgan fingerprint density at radius 2 is 2.16 bits per heavy atom. The lowest BCUT2D eigenvalue weighted by Gasteiger charge is -2.02. The molecule has 19 heavy (non-hydrogen) atoms. The minimum Gasteiger partial charge on any atom is -0.368 e. The predicted octanol–water partition coefficient (Wildman–Crippen LogP) is 2.86. The Morgan fingerprint density at radius 3 is 2.95 bits per heavy atom. The molecule has 0 spiro atoms. The summed E-state index contributed by atoms with van der Waals surface area (Å²) in [7, 11) is 0. The summed E-state index contributed by atoms with van der Waals surface area (Å²) in [6.45, 7) is 0.780. The normalized spacial score (nSPS) is 22.8. The van der Waals surface area contributed by atoms with Crippen LogP contribution in [-0.2, 0) is 4.74 Å². The van der Waals surface area contributed by atoms with Crippen molar-refractivity contribution in [2.75, 3.05) is 6.61 Å². The third-order valence-corrected chi connectivity index (χ3v) is 3.69. The van der Waals surface area contributed by atoms with Gasteiger partial charge in [-0.2, -0.15) is 4.98 Å². The first-order valence-electron chi connectivity index (χ1n) is 6.82. The topological polar surface area (TPSA) is 61.0 Å². The van der Waals surface area contributed by atoms with E-state index in [4.69, 9.17) is 9.26 Å². The van der Waals surface area contributed by atoms with E-state index in [0.29, 0.717) is 17.6 Å². The quantitative estimate of drug-likeness (QED) is 0.846. The molecule has 4 rings (SSSR count). The van der Waals surface area contributed by atoms with Crippen LogP contribution in [0.3, 0.4) is 0 Å². The summed E-state index contributed by atoms with van der Waals surface area (Å²) in [5.74, 6) is 1.81. The predicted molar refractivity (Wildman–Crippen MR) is 67.4 cm³/mol. The molecule has 1 saturated carbocycles. The first kappa shape index (κ1) is 11.1. The van der Waals surface area contributed by atoms with Crippen LogP contribution < -0.4 is 0 Å². The molecule has 98 valence electrons. The van der Waals surface area contributed by atoms with Crippen molar-refractivity contribution in [1.29, 1.82) is 0 Å². The molecule has 0 radical (unpaired) electrons. The molecule has 1 unspecified atom stereocenters. The number of hydrogen-bond acceptors (Lipinski definition) is 5. The number of pyridine rings is 1. The highest BCUT2D eigenvalue weighted by molar-refractivity contribution is 5.59. The van der Waals surface area contributed by atoms with Crippen LogP contribution in [0.25, 0.3) is 11.4 Å². The van der Waals surface area contributed by atoms with Gasteiger partial charge in [0.2, 0.25) is 5.82 Å². The lowest BCUT2D eigenvalue weighted by atomic mass is 10.1. The number of nitrogens with zero attached hydrogens (tertiary/aromatic N) is 3. The Hall–Kier alpha value is -1.75. The summed E-state index contributed by atoms with van der Waals surface area (Å²) in [6, 6.07) is 3.94. The highest BCUT2D eigenvalue weighted by atomic mass is 16.5. The molecular weight excluding hydrogens is 242 g/mol. The Balaban J connectivity index is 1.68. The van der Waals surface area contributed by atoms with Gasteiger partial charge in [-0.15, -0.1) is 0 Å².